The summed E-state index contributed by atoms with van der Waals surface area (Å²) in [5.74, 6) is 0.0191. The van der Waals surface area contributed by atoms with Gasteiger partial charge >= 0.3 is 0 Å². The van der Waals surface area contributed by atoms with E-state index in [1.165, 1.54) is 4.57 Å². The van der Waals surface area contributed by atoms with Crippen molar-refractivity contribution in [3.63, 3.8) is 0 Å². The molecule has 1 amide bonds. The van der Waals surface area contributed by atoms with Crippen LogP contribution in [0.15, 0.2) is 53.3 Å². The minimum Gasteiger partial charge on any atom is -0.336 e. The number of nitrogens with one attached hydrogen (secondary N) is 1. The normalized spacial score (nSPS) is 15.2. The van der Waals surface area contributed by atoms with Crippen molar-refractivity contribution < 1.29 is 4.79 Å². The molecule has 0 saturated carbocycles. The molecule has 1 aliphatic rings. The monoisotopic (exact) mass is 380 g/mol. The Kier molecular flexibility index (Phi) is 4.63. The van der Waals surface area contributed by atoms with Crippen LogP contribution in [0.3, 0.4) is 0 Å². The molecule has 1 N–H and O–H groups in total. The second kappa shape index (κ2) is 7.09. The highest BCUT2D eigenvalue weighted by atomic mass is 32.1. The first kappa shape index (κ1) is 17.6. The van der Waals surface area contributed by atoms with E-state index in [1.807, 2.05) is 23.1 Å². The summed E-state index contributed by atoms with van der Waals surface area (Å²) < 4.78 is 1.79. The first-order valence-corrected chi connectivity index (χ1v) is 9.28. The number of H-pyrrole nitrogens is 1. The number of rotatable bonds is 2. The van der Waals surface area contributed by atoms with Gasteiger partial charge in [0.1, 0.15) is 0 Å². The van der Waals surface area contributed by atoms with Gasteiger partial charge in [-0.05, 0) is 55.7 Å². The molecule has 0 aliphatic carbocycles. The van der Waals surface area contributed by atoms with Crippen molar-refractivity contribution in [1.82, 2.24) is 19.4 Å². The Hall–Kier alpha value is -2.77. The van der Waals surface area contributed by atoms with Crippen molar-refractivity contribution in [2.24, 2.45) is 0 Å². The number of fused-ring (bicyclic) bond motifs is 1. The van der Waals surface area contributed by atoms with E-state index in [0.717, 1.165) is 26.2 Å². The molecule has 1 fully saturated rings. The third-order valence-corrected chi connectivity index (χ3v) is 5.25. The predicted molar refractivity (Wildman–Crippen MR) is 108 cm³/mol. The number of piperazine rings is 1. The zero-order valence-electron chi connectivity index (χ0n) is 15.0. The molecule has 0 unspecified atom stereocenters. The number of hydrogen-bond donors (Lipinski definition) is 1. The average molecular weight is 380 g/mol. The number of amides is 1. The number of hydrogen-bond acceptors (Lipinski definition) is 4. The fraction of sp³-hybridized carbons (Fsp3) is 0.250. The van der Waals surface area contributed by atoms with Gasteiger partial charge < -0.3 is 14.8 Å². The highest BCUT2D eigenvalue weighted by Crippen LogP contribution is 2.14. The van der Waals surface area contributed by atoms with Gasteiger partial charge in [-0.25, -0.2) is 0 Å². The van der Waals surface area contributed by atoms with Crippen LogP contribution in [0.4, 0.5) is 0 Å². The lowest BCUT2D eigenvalue weighted by molar-refractivity contribution is 0.0664. The summed E-state index contributed by atoms with van der Waals surface area (Å²) in [5, 5.41) is 0.573. The highest BCUT2D eigenvalue weighted by molar-refractivity contribution is 7.71. The molecule has 1 saturated heterocycles. The number of carbonyl (C=O) groups excluding carboxylic acids is 1. The second-order valence-electron chi connectivity index (χ2n) is 6.76. The Morgan fingerprint density at radius 1 is 1.00 bits per heavy atom. The van der Waals surface area contributed by atoms with Crippen molar-refractivity contribution in [2.45, 2.75) is 0 Å². The molecule has 1 aliphatic heterocycles. The highest BCUT2D eigenvalue weighted by Gasteiger charge is 2.20. The SMILES string of the molecule is CN1CCN(C(=O)c2ccc(-n3c(=S)[nH]c4ccccc4c3=O)cc2)CC1. The van der Waals surface area contributed by atoms with Crippen LogP contribution in [0.5, 0.6) is 0 Å². The first-order chi connectivity index (χ1) is 13.0. The van der Waals surface area contributed by atoms with Crippen LogP contribution in [-0.4, -0.2) is 58.5 Å². The minimum atomic E-state index is -0.174. The van der Waals surface area contributed by atoms with E-state index in [9.17, 15) is 9.59 Å². The van der Waals surface area contributed by atoms with Crippen molar-refractivity contribution >= 4 is 29.0 Å². The second-order valence-corrected chi connectivity index (χ2v) is 7.15. The summed E-state index contributed by atoms with van der Waals surface area (Å²) in [6.07, 6.45) is 0. The molecular formula is C20H20N4O2S. The number of aromatic nitrogens is 2. The number of nitrogens with zero attached hydrogens (tertiary/aromatic N) is 3. The topological polar surface area (TPSA) is 61.3 Å². The first-order valence-electron chi connectivity index (χ1n) is 8.87. The van der Waals surface area contributed by atoms with E-state index in [1.54, 1.807) is 30.3 Å². The van der Waals surface area contributed by atoms with Crippen molar-refractivity contribution in [2.75, 3.05) is 33.2 Å². The largest absolute Gasteiger partial charge is 0.336 e. The lowest BCUT2D eigenvalue weighted by Crippen LogP contribution is -2.47. The molecule has 0 bridgehead atoms. The quantitative estimate of drug-likeness (QED) is 0.694. The third-order valence-electron chi connectivity index (χ3n) is 4.97. The van der Waals surface area contributed by atoms with Gasteiger partial charge in [0, 0.05) is 31.7 Å². The van der Waals surface area contributed by atoms with Gasteiger partial charge in [0.2, 0.25) is 0 Å². The van der Waals surface area contributed by atoms with Gasteiger partial charge in [-0.3, -0.25) is 14.2 Å². The zero-order chi connectivity index (χ0) is 19.0. The summed E-state index contributed by atoms with van der Waals surface area (Å²) >= 11 is 5.37. The molecule has 0 radical (unpaired) electrons. The molecule has 4 rings (SSSR count). The van der Waals surface area contributed by atoms with Crippen LogP contribution in [-0.2, 0) is 0 Å². The maximum absolute atomic E-state index is 12.8. The Morgan fingerprint density at radius 3 is 2.37 bits per heavy atom. The number of carbonyl (C=O) groups is 1. The van der Waals surface area contributed by atoms with Crippen molar-refractivity contribution in [3.05, 3.63) is 69.2 Å². The molecule has 3 aromatic rings. The summed E-state index contributed by atoms with van der Waals surface area (Å²) in [5.41, 5.74) is 1.80. The molecule has 27 heavy (non-hydrogen) atoms. The molecule has 1 aromatic heterocycles. The molecule has 6 nitrogen and oxygen atoms in total. The zero-order valence-corrected chi connectivity index (χ0v) is 15.8. The van der Waals surface area contributed by atoms with Crippen LogP contribution in [0.2, 0.25) is 0 Å². The molecule has 0 atom stereocenters. The van der Waals surface area contributed by atoms with Crippen LogP contribution >= 0.6 is 12.2 Å². The number of para-hydroxylation sites is 1. The Bertz CT molecular complexity index is 1110. The van der Waals surface area contributed by atoms with Gasteiger partial charge in [-0.2, -0.15) is 0 Å². The van der Waals surface area contributed by atoms with Gasteiger partial charge in [-0.1, -0.05) is 12.1 Å². The van der Waals surface area contributed by atoms with E-state index < -0.39 is 0 Å². The summed E-state index contributed by atoms with van der Waals surface area (Å²) in [7, 11) is 2.06. The van der Waals surface area contributed by atoms with E-state index in [-0.39, 0.29) is 11.5 Å². The molecular weight excluding hydrogens is 360 g/mol. The van der Waals surface area contributed by atoms with Crippen LogP contribution in [0.25, 0.3) is 16.6 Å². The fourth-order valence-electron chi connectivity index (χ4n) is 3.34. The molecule has 2 aromatic carbocycles. The minimum absolute atomic E-state index is 0.0191. The Labute approximate surface area is 161 Å². The van der Waals surface area contributed by atoms with E-state index >= 15 is 0 Å². The van der Waals surface area contributed by atoms with Gasteiger partial charge in [-0.15, -0.1) is 0 Å². The molecule has 7 heteroatoms. The summed E-state index contributed by atoms with van der Waals surface area (Å²) in [4.78, 5) is 32.7. The smallest absolute Gasteiger partial charge is 0.266 e. The van der Waals surface area contributed by atoms with Crippen LogP contribution < -0.4 is 5.56 Å². The standard InChI is InChI=1S/C20H20N4O2S/c1-22-10-12-23(13-11-22)18(25)14-6-8-15(9-7-14)24-19(26)16-4-2-3-5-17(16)21-20(24)27/h2-9H,10-13H2,1H3,(H,21,27). The van der Waals surface area contributed by atoms with Crippen molar-refractivity contribution in [1.29, 1.82) is 0 Å². The molecule has 2 heterocycles. The lowest BCUT2D eigenvalue weighted by atomic mass is 10.1. The fourth-order valence-corrected chi connectivity index (χ4v) is 3.64. The predicted octanol–water partition coefficient (Wildman–Crippen LogP) is 2.44. The maximum Gasteiger partial charge on any atom is 0.266 e. The van der Waals surface area contributed by atoms with E-state index in [4.69, 9.17) is 12.2 Å². The number of benzene rings is 2. The summed E-state index contributed by atoms with van der Waals surface area (Å²) in [6, 6.07) is 14.3. The third kappa shape index (κ3) is 3.31. The summed E-state index contributed by atoms with van der Waals surface area (Å²) in [6.45, 7) is 3.22. The van der Waals surface area contributed by atoms with E-state index in [2.05, 4.69) is 16.9 Å². The maximum atomic E-state index is 12.8. The van der Waals surface area contributed by atoms with Gasteiger partial charge in [0.05, 0.1) is 16.6 Å². The Balaban J connectivity index is 1.67. The lowest BCUT2D eigenvalue weighted by Gasteiger charge is -2.32. The average Bonchev–Trinajstić information content (AvgIpc) is 2.68. The molecule has 138 valence electrons. The van der Waals surface area contributed by atoms with Crippen LogP contribution in [0.1, 0.15) is 10.4 Å². The number of likely N-dealkylation sites (N-methyl/N-ethyl adjacent to an activating group) is 1. The van der Waals surface area contributed by atoms with Crippen LogP contribution in [0, 0.1) is 4.77 Å². The Morgan fingerprint density at radius 2 is 1.67 bits per heavy atom. The number of aromatic amines is 1. The molecule has 0 spiro atoms. The van der Waals surface area contributed by atoms with E-state index in [0.29, 0.717) is 26.9 Å². The van der Waals surface area contributed by atoms with Gasteiger partial charge in [0.25, 0.3) is 11.5 Å². The van der Waals surface area contributed by atoms with Crippen molar-refractivity contribution in [3.8, 4) is 5.69 Å². The van der Waals surface area contributed by atoms with Gasteiger partial charge in [0.15, 0.2) is 4.77 Å².